The van der Waals surface area contributed by atoms with Crippen molar-refractivity contribution in [3.05, 3.63) is 23.5 Å². The van der Waals surface area contributed by atoms with Crippen LogP contribution in [0.4, 0.5) is 5.69 Å². The summed E-state index contributed by atoms with van der Waals surface area (Å²) in [6.45, 7) is 2.03. The van der Waals surface area contributed by atoms with Crippen molar-refractivity contribution < 1.29 is 0 Å². The van der Waals surface area contributed by atoms with Gasteiger partial charge in [-0.25, -0.2) is 0 Å². The molecule has 1 aromatic rings. The number of aliphatic imine (C=N–C) groups is 1. The zero-order valence-corrected chi connectivity index (χ0v) is 5.83. The smallest absolute Gasteiger partial charge is 0.0847 e. The summed E-state index contributed by atoms with van der Waals surface area (Å²) in [5.74, 6) is 0. The van der Waals surface area contributed by atoms with Crippen molar-refractivity contribution in [3.8, 4) is 0 Å². The van der Waals surface area contributed by atoms with Gasteiger partial charge in [0.05, 0.1) is 11.4 Å². The third kappa shape index (κ3) is 0.727. The first-order chi connectivity index (χ1) is 4.86. The van der Waals surface area contributed by atoms with E-state index in [1.807, 2.05) is 19.3 Å². The largest absolute Gasteiger partial charge is 0.259 e. The summed E-state index contributed by atoms with van der Waals surface area (Å²) in [5, 5.41) is 0. The van der Waals surface area contributed by atoms with Crippen LogP contribution in [-0.2, 0) is 6.42 Å². The van der Waals surface area contributed by atoms with Crippen molar-refractivity contribution in [3.63, 3.8) is 0 Å². The molecule has 10 heavy (non-hydrogen) atoms. The Kier molecular flexibility index (Phi) is 1.07. The highest BCUT2D eigenvalue weighted by molar-refractivity contribution is 5.74. The molecular weight excluding hydrogens is 124 g/mol. The molecule has 1 aromatic heterocycles. The van der Waals surface area contributed by atoms with Gasteiger partial charge in [-0.15, -0.1) is 0 Å². The number of rotatable bonds is 0. The fourth-order valence-corrected chi connectivity index (χ4v) is 1.08. The Morgan fingerprint density at radius 2 is 2.40 bits per heavy atom. The van der Waals surface area contributed by atoms with Gasteiger partial charge in [0, 0.05) is 18.8 Å². The van der Waals surface area contributed by atoms with Gasteiger partial charge in [0.1, 0.15) is 0 Å². The molecule has 0 aliphatic carbocycles. The third-order valence-corrected chi connectivity index (χ3v) is 1.60. The predicted octanol–water partition coefficient (Wildman–Crippen LogP) is 1.65. The van der Waals surface area contributed by atoms with E-state index in [4.69, 9.17) is 0 Å². The summed E-state index contributed by atoms with van der Waals surface area (Å²) < 4.78 is 0. The minimum Gasteiger partial charge on any atom is -0.259 e. The summed E-state index contributed by atoms with van der Waals surface area (Å²) >= 11 is 0. The van der Waals surface area contributed by atoms with Crippen LogP contribution in [0, 0.1) is 6.92 Å². The van der Waals surface area contributed by atoms with E-state index < -0.39 is 0 Å². The van der Waals surface area contributed by atoms with Crippen LogP contribution in [-0.4, -0.2) is 11.2 Å². The minimum atomic E-state index is 0.898. The molecule has 0 amide bonds. The van der Waals surface area contributed by atoms with E-state index in [9.17, 15) is 0 Å². The van der Waals surface area contributed by atoms with Crippen molar-refractivity contribution in [2.24, 2.45) is 4.99 Å². The molecule has 2 heteroatoms. The molecule has 2 nitrogen and oxygen atoms in total. The standard InChI is InChI=1S/C8H8N2/c1-6-4-8-7(10-5-6)2-3-9-8/h3-5H,2H2,1H3. The van der Waals surface area contributed by atoms with Gasteiger partial charge >= 0.3 is 0 Å². The Labute approximate surface area is 59.6 Å². The molecule has 0 saturated carbocycles. The molecule has 50 valence electrons. The fourth-order valence-electron chi connectivity index (χ4n) is 1.08. The average Bonchev–Trinajstić information content (AvgIpc) is 2.33. The van der Waals surface area contributed by atoms with E-state index in [0.29, 0.717) is 0 Å². The van der Waals surface area contributed by atoms with Crippen LogP contribution < -0.4 is 0 Å². The van der Waals surface area contributed by atoms with Crippen LogP contribution in [0.1, 0.15) is 11.3 Å². The highest BCUT2D eigenvalue weighted by atomic mass is 14.8. The molecule has 0 aromatic carbocycles. The molecule has 0 spiro atoms. The van der Waals surface area contributed by atoms with E-state index in [2.05, 4.69) is 16.0 Å². The second-order valence-corrected chi connectivity index (χ2v) is 2.49. The lowest BCUT2D eigenvalue weighted by molar-refractivity contribution is 1.15. The summed E-state index contributed by atoms with van der Waals surface area (Å²) in [5.41, 5.74) is 3.32. The lowest BCUT2D eigenvalue weighted by Gasteiger charge is -1.95. The number of fused-ring (bicyclic) bond motifs is 1. The van der Waals surface area contributed by atoms with Crippen molar-refractivity contribution in [1.82, 2.24) is 4.98 Å². The Morgan fingerprint density at radius 3 is 3.30 bits per heavy atom. The first-order valence-electron chi connectivity index (χ1n) is 3.34. The SMILES string of the molecule is Cc1cnc2c(c1)N=CC2. The average molecular weight is 132 g/mol. The second-order valence-electron chi connectivity index (χ2n) is 2.49. The maximum absolute atomic E-state index is 4.23. The van der Waals surface area contributed by atoms with Crippen LogP contribution in [0.3, 0.4) is 0 Å². The van der Waals surface area contributed by atoms with Crippen LogP contribution in [0.25, 0.3) is 0 Å². The van der Waals surface area contributed by atoms with Gasteiger partial charge in [-0.1, -0.05) is 0 Å². The Hall–Kier alpha value is -1.18. The number of aryl methyl sites for hydroxylation is 1. The molecule has 0 saturated heterocycles. The molecule has 0 N–H and O–H groups in total. The number of pyridine rings is 1. The van der Waals surface area contributed by atoms with Crippen molar-refractivity contribution in [2.45, 2.75) is 13.3 Å². The topological polar surface area (TPSA) is 25.2 Å². The van der Waals surface area contributed by atoms with Crippen LogP contribution in [0.2, 0.25) is 0 Å². The first kappa shape index (κ1) is 5.59. The third-order valence-electron chi connectivity index (χ3n) is 1.60. The van der Waals surface area contributed by atoms with Gasteiger partial charge < -0.3 is 0 Å². The predicted molar refractivity (Wildman–Crippen MR) is 40.8 cm³/mol. The number of hydrogen-bond donors (Lipinski definition) is 0. The highest BCUT2D eigenvalue weighted by Gasteiger charge is 2.05. The Bertz CT molecular complexity index is 289. The van der Waals surface area contributed by atoms with Crippen molar-refractivity contribution >= 4 is 11.9 Å². The monoisotopic (exact) mass is 132 g/mol. The van der Waals surface area contributed by atoms with Gasteiger partial charge in [-0.3, -0.25) is 9.98 Å². The minimum absolute atomic E-state index is 0.898. The van der Waals surface area contributed by atoms with Gasteiger partial charge in [-0.05, 0) is 18.6 Å². The zero-order chi connectivity index (χ0) is 6.97. The van der Waals surface area contributed by atoms with Crippen molar-refractivity contribution in [1.29, 1.82) is 0 Å². The van der Waals surface area contributed by atoms with Gasteiger partial charge in [0.25, 0.3) is 0 Å². The Balaban J connectivity index is 2.60. The molecule has 2 rings (SSSR count). The molecule has 0 bridgehead atoms. The van der Waals surface area contributed by atoms with E-state index in [0.717, 1.165) is 17.8 Å². The summed E-state index contributed by atoms with van der Waals surface area (Å²) in [4.78, 5) is 8.41. The second kappa shape index (κ2) is 1.90. The molecule has 0 unspecified atom stereocenters. The molecule has 0 atom stereocenters. The fraction of sp³-hybridized carbons (Fsp3) is 0.250. The van der Waals surface area contributed by atoms with Gasteiger partial charge in [-0.2, -0.15) is 0 Å². The lowest BCUT2D eigenvalue weighted by atomic mass is 10.2. The van der Waals surface area contributed by atoms with Crippen LogP contribution in [0.5, 0.6) is 0 Å². The molecular formula is C8H8N2. The zero-order valence-electron chi connectivity index (χ0n) is 5.83. The molecule has 1 aliphatic heterocycles. The highest BCUT2D eigenvalue weighted by Crippen LogP contribution is 2.21. The van der Waals surface area contributed by atoms with E-state index >= 15 is 0 Å². The molecule has 2 heterocycles. The summed E-state index contributed by atoms with van der Waals surface area (Å²) in [6.07, 6.45) is 4.68. The van der Waals surface area contributed by atoms with E-state index in [1.165, 1.54) is 5.56 Å². The quantitative estimate of drug-likeness (QED) is 0.527. The summed E-state index contributed by atoms with van der Waals surface area (Å²) in [6, 6.07) is 2.06. The summed E-state index contributed by atoms with van der Waals surface area (Å²) in [7, 11) is 0. The normalized spacial score (nSPS) is 13.7. The number of nitrogens with zero attached hydrogens (tertiary/aromatic N) is 2. The maximum Gasteiger partial charge on any atom is 0.0847 e. The van der Waals surface area contributed by atoms with E-state index in [1.54, 1.807) is 0 Å². The lowest BCUT2D eigenvalue weighted by Crippen LogP contribution is -1.85. The number of aromatic nitrogens is 1. The van der Waals surface area contributed by atoms with E-state index in [-0.39, 0.29) is 0 Å². The molecule has 0 fully saturated rings. The Morgan fingerprint density at radius 1 is 1.50 bits per heavy atom. The van der Waals surface area contributed by atoms with Crippen LogP contribution in [0.15, 0.2) is 17.3 Å². The molecule has 1 aliphatic rings. The van der Waals surface area contributed by atoms with Crippen molar-refractivity contribution in [2.75, 3.05) is 0 Å². The van der Waals surface area contributed by atoms with Gasteiger partial charge in [0.15, 0.2) is 0 Å². The first-order valence-corrected chi connectivity index (χ1v) is 3.34. The number of hydrogen-bond acceptors (Lipinski definition) is 2. The van der Waals surface area contributed by atoms with Crippen LogP contribution >= 0.6 is 0 Å². The maximum atomic E-state index is 4.23. The molecule has 0 radical (unpaired) electrons. The van der Waals surface area contributed by atoms with Gasteiger partial charge in [0.2, 0.25) is 0 Å².